The molecule has 2 unspecified atom stereocenters. The van der Waals surface area contributed by atoms with Crippen molar-refractivity contribution in [2.24, 2.45) is 5.84 Å². The standard InChI is InChI=1S/C15H24N4O/c1-11-8-18(9-12(2)19(11)16)10-14-4-6-15(7-5-14)17-13(3)20/h4-7,11-12H,8-10,16H2,1-3H3,(H,17,20). The number of rotatable bonds is 3. The van der Waals surface area contributed by atoms with Crippen LogP contribution in [-0.2, 0) is 11.3 Å². The number of carbonyl (C=O) groups excluding carboxylic acids is 1. The summed E-state index contributed by atoms with van der Waals surface area (Å²) in [6.07, 6.45) is 0. The van der Waals surface area contributed by atoms with Crippen molar-refractivity contribution >= 4 is 11.6 Å². The Morgan fingerprint density at radius 2 is 1.80 bits per heavy atom. The van der Waals surface area contributed by atoms with Gasteiger partial charge in [0.15, 0.2) is 0 Å². The van der Waals surface area contributed by atoms with E-state index in [1.807, 2.05) is 17.1 Å². The van der Waals surface area contributed by atoms with E-state index >= 15 is 0 Å². The maximum atomic E-state index is 11.0. The van der Waals surface area contributed by atoms with Crippen LogP contribution in [-0.4, -0.2) is 41.0 Å². The van der Waals surface area contributed by atoms with E-state index in [0.29, 0.717) is 12.1 Å². The fraction of sp³-hybridized carbons (Fsp3) is 0.533. The first kappa shape index (κ1) is 15.0. The Bertz CT molecular complexity index is 447. The summed E-state index contributed by atoms with van der Waals surface area (Å²) in [6, 6.07) is 8.77. The smallest absolute Gasteiger partial charge is 0.221 e. The summed E-state index contributed by atoms with van der Waals surface area (Å²) in [5.41, 5.74) is 2.10. The molecule has 0 spiro atoms. The van der Waals surface area contributed by atoms with Crippen molar-refractivity contribution in [1.82, 2.24) is 9.91 Å². The second-order valence-electron chi connectivity index (χ2n) is 5.72. The van der Waals surface area contributed by atoms with Crippen LogP contribution >= 0.6 is 0 Å². The van der Waals surface area contributed by atoms with Gasteiger partial charge < -0.3 is 5.32 Å². The molecule has 0 bridgehead atoms. The molecule has 5 heteroatoms. The molecule has 0 aromatic heterocycles. The first-order valence-electron chi connectivity index (χ1n) is 7.07. The lowest BCUT2D eigenvalue weighted by Gasteiger charge is -2.41. The van der Waals surface area contributed by atoms with Crippen LogP contribution < -0.4 is 11.2 Å². The Morgan fingerprint density at radius 3 is 2.30 bits per heavy atom. The van der Waals surface area contributed by atoms with Gasteiger partial charge in [-0.1, -0.05) is 12.1 Å². The van der Waals surface area contributed by atoms with Crippen molar-refractivity contribution in [3.63, 3.8) is 0 Å². The molecule has 2 rings (SSSR count). The summed E-state index contributed by atoms with van der Waals surface area (Å²) >= 11 is 0. The number of nitrogens with two attached hydrogens (primary N) is 1. The fourth-order valence-corrected chi connectivity index (χ4v) is 2.73. The molecular formula is C15H24N4O. The number of hydrogen-bond donors (Lipinski definition) is 2. The first-order chi connectivity index (χ1) is 9.45. The van der Waals surface area contributed by atoms with E-state index in [2.05, 4.69) is 36.2 Å². The minimum atomic E-state index is -0.0422. The lowest BCUT2D eigenvalue weighted by molar-refractivity contribution is -0.114. The Morgan fingerprint density at radius 1 is 1.25 bits per heavy atom. The molecule has 1 aromatic rings. The van der Waals surface area contributed by atoms with Crippen molar-refractivity contribution in [3.05, 3.63) is 29.8 Å². The average Bonchev–Trinajstić information content (AvgIpc) is 2.37. The Labute approximate surface area is 120 Å². The second-order valence-corrected chi connectivity index (χ2v) is 5.72. The quantitative estimate of drug-likeness (QED) is 0.820. The Kier molecular flexibility index (Phi) is 4.75. The van der Waals surface area contributed by atoms with E-state index in [-0.39, 0.29) is 5.91 Å². The van der Waals surface area contributed by atoms with Gasteiger partial charge in [0.2, 0.25) is 5.91 Å². The van der Waals surface area contributed by atoms with E-state index in [4.69, 9.17) is 5.84 Å². The van der Waals surface area contributed by atoms with Crippen molar-refractivity contribution in [3.8, 4) is 0 Å². The highest BCUT2D eigenvalue weighted by atomic mass is 16.1. The highest BCUT2D eigenvalue weighted by Crippen LogP contribution is 2.16. The van der Waals surface area contributed by atoms with Gasteiger partial charge in [-0.25, -0.2) is 5.01 Å². The summed E-state index contributed by atoms with van der Waals surface area (Å²) in [5.74, 6) is 5.97. The van der Waals surface area contributed by atoms with Gasteiger partial charge in [0.25, 0.3) is 0 Å². The van der Waals surface area contributed by atoms with Gasteiger partial charge in [-0.3, -0.25) is 15.5 Å². The average molecular weight is 276 g/mol. The first-order valence-corrected chi connectivity index (χ1v) is 7.07. The van der Waals surface area contributed by atoms with Crippen LogP contribution in [0.25, 0.3) is 0 Å². The van der Waals surface area contributed by atoms with Crippen molar-refractivity contribution in [2.45, 2.75) is 39.4 Å². The topological polar surface area (TPSA) is 61.6 Å². The van der Waals surface area contributed by atoms with Crippen LogP contribution in [0.2, 0.25) is 0 Å². The number of nitrogens with zero attached hydrogens (tertiary/aromatic N) is 2. The number of nitrogens with one attached hydrogen (secondary N) is 1. The normalized spacial score (nSPS) is 24.6. The monoisotopic (exact) mass is 276 g/mol. The maximum absolute atomic E-state index is 11.0. The van der Waals surface area contributed by atoms with Crippen molar-refractivity contribution in [1.29, 1.82) is 0 Å². The molecule has 110 valence electrons. The predicted molar refractivity (Wildman–Crippen MR) is 81.0 cm³/mol. The van der Waals surface area contributed by atoms with E-state index < -0.39 is 0 Å². The van der Waals surface area contributed by atoms with E-state index in [1.165, 1.54) is 12.5 Å². The number of piperazine rings is 1. The minimum Gasteiger partial charge on any atom is -0.326 e. The third kappa shape index (κ3) is 3.79. The lowest BCUT2D eigenvalue weighted by Crippen LogP contribution is -2.59. The molecule has 3 N–H and O–H groups in total. The molecule has 2 atom stereocenters. The lowest BCUT2D eigenvalue weighted by atomic mass is 10.1. The van der Waals surface area contributed by atoms with Gasteiger partial charge in [0.1, 0.15) is 0 Å². The number of benzene rings is 1. The van der Waals surface area contributed by atoms with Gasteiger partial charge in [-0.2, -0.15) is 0 Å². The SMILES string of the molecule is CC(=O)Nc1ccc(CN2CC(C)N(N)C(C)C2)cc1. The van der Waals surface area contributed by atoms with Crippen LogP contribution in [0, 0.1) is 0 Å². The van der Waals surface area contributed by atoms with Gasteiger partial charge in [-0.15, -0.1) is 0 Å². The number of anilines is 1. The Hall–Kier alpha value is -1.43. The zero-order valence-electron chi connectivity index (χ0n) is 12.5. The minimum absolute atomic E-state index is 0.0422. The second kappa shape index (κ2) is 6.35. The number of amides is 1. The maximum Gasteiger partial charge on any atom is 0.221 e. The summed E-state index contributed by atoms with van der Waals surface area (Å²) in [7, 11) is 0. The summed E-state index contributed by atoms with van der Waals surface area (Å²) in [6.45, 7) is 8.71. The van der Waals surface area contributed by atoms with Crippen LogP contribution in [0.3, 0.4) is 0 Å². The van der Waals surface area contributed by atoms with E-state index in [9.17, 15) is 4.79 Å². The van der Waals surface area contributed by atoms with E-state index in [0.717, 1.165) is 25.3 Å². The molecule has 0 aliphatic carbocycles. The van der Waals surface area contributed by atoms with Crippen molar-refractivity contribution in [2.75, 3.05) is 18.4 Å². The van der Waals surface area contributed by atoms with Gasteiger partial charge in [0, 0.05) is 44.3 Å². The van der Waals surface area contributed by atoms with Crippen LogP contribution in [0.4, 0.5) is 5.69 Å². The predicted octanol–water partition coefficient (Wildman–Crippen LogP) is 1.41. The van der Waals surface area contributed by atoms with Crippen LogP contribution in [0.1, 0.15) is 26.3 Å². The highest BCUT2D eigenvalue weighted by molar-refractivity contribution is 5.88. The molecule has 0 radical (unpaired) electrons. The molecule has 5 nitrogen and oxygen atoms in total. The largest absolute Gasteiger partial charge is 0.326 e. The van der Waals surface area contributed by atoms with Crippen molar-refractivity contribution < 1.29 is 4.79 Å². The van der Waals surface area contributed by atoms with Gasteiger partial charge in [0.05, 0.1) is 0 Å². The molecule has 1 heterocycles. The third-order valence-corrected chi connectivity index (χ3v) is 3.74. The van der Waals surface area contributed by atoms with Crippen LogP contribution in [0.15, 0.2) is 24.3 Å². The zero-order valence-corrected chi connectivity index (χ0v) is 12.5. The number of carbonyl (C=O) groups is 1. The zero-order chi connectivity index (χ0) is 14.7. The molecule has 1 amide bonds. The van der Waals surface area contributed by atoms with E-state index in [1.54, 1.807) is 0 Å². The summed E-state index contributed by atoms with van der Waals surface area (Å²) in [5, 5.41) is 4.72. The van der Waals surface area contributed by atoms with Gasteiger partial charge >= 0.3 is 0 Å². The Balaban J connectivity index is 1.95. The molecule has 0 saturated carbocycles. The highest BCUT2D eigenvalue weighted by Gasteiger charge is 2.26. The molecule has 1 fully saturated rings. The molecule has 20 heavy (non-hydrogen) atoms. The number of hydrazine groups is 1. The fourth-order valence-electron chi connectivity index (χ4n) is 2.73. The third-order valence-electron chi connectivity index (χ3n) is 3.74. The molecule has 1 saturated heterocycles. The molecular weight excluding hydrogens is 252 g/mol. The molecule has 1 aliphatic rings. The summed E-state index contributed by atoms with van der Waals surface area (Å²) < 4.78 is 0. The molecule has 1 aliphatic heterocycles. The summed E-state index contributed by atoms with van der Waals surface area (Å²) in [4.78, 5) is 13.4. The molecule has 1 aromatic carbocycles. The number of hydrogen-bond acceptors (Lipinski definition) is 4. The van der Waals surface area contributed by atoms with Crippen LogP contribution in [0.5, 0.6) is 0 Å². The van der Waals surface area contributed by atoms with Gasteiger partial charge in [-0.05, 0) is 31.5 Å².